The molecule has 0 heterocycles. The normalized spacial score (nSPS) is 10.9. The average molecular weight is 370 g/mol. The molecular formula is C23H18N2O3. The van der Waals surface area contributed by atoms with Gasteiger partial charge in [-0.05, 0) is 42.3 Å². The van der Waals surface area contributed by atoms with Gasteiger partial charge >= 0.3 is 0 Å². The van der Waals surface area contributed by atoms with Gasteiger partial charge in [0, 0.05) is 17.7 Å². The maximum absolute atomic E-state index is 10.8. The summed E-state index contributed by atoms with van der Waals surface area (Å²) in [6, 6.07) is 23.7. The lowest BCUT2D eigenvalue weighted by molar-refractivity contribution is -0.384. The lowest BCUT2D eigenvalue weighted by Crippen LogP contribution is -1.97. The lowest BCUT2D eigenvalue weighted by atomic mass is 10.0. The minimum atomic E-state index is -0.465. The molecule has 0 spiro atoms. The third-order valence-corrected chi connectivity index (χ3v) is 4.24. The van der Waals surface area contributed by atoms with E-state index >= 15 is 0 Å². The fourth-order valence-electron chi connectivity index (χ4n) is 2.67. The Morgan fingerprint density at radius 1 is 1.07 bits per heavy atom. The van der Waals surface area contributed by atoms with Gasteiger partial charge in [-0.3, -0.25) is 10.1 Å². The summed E-state index contributed by atoms with van der Waals surface area (Å²) in [6.45, 7) is 2.46. The molecule has 0 unspecified atom stereocenters. The van der Waals surface area contributed by atoms with E-state index < -0.39 is 4.92 Å². The highest BCUT2D eigenvalue weighted by Gasteiger charge is 2.09. The number of allylic oxidation sites excluding steroid dienone is 1. The fourth-order valence-corrected chi connectivity index (χ4v) is 2.67. The number of rotatable bonds is 6. The number of benzene rings is 3. The van der Waals surface area contributed by atoms with E-state index in [0.29, 0.717) is 23.5 Å². The minimum Gasteiger partial charge on any atom is -0.488 e. The Morgan fingerprint density at radius 2 is 1.75 bits per heavy atom. The smallest absolute Gasteiger partial charge is 0.269 e. The van der Waals surface area contributed by atoms with Gasteiger partial charge < -0.3 is 4.74 Å². The number of aryl methyl sites for hydroxylation is 1. The van der Waals surface area contributed by atoms with Gasteiger partial charge in [0.15, 0.2) is 0 Å². The zero-order valence-electron chi connectivity index (χ0n) is 15.3. The standard InChI is InChI=1S/C23H18N2O3/c1-17-6-8-18(9-7-17)16-28-23-5-3-2-4-20(23)14-21(15-24)19-10-12-22(13-11-19)25(26)27/h2-14H,16H2,1H3. The second kappa shape index (κ2) is 8.65. The molecule has 138 valence electrons. The maximum atomic E-state index is 10.8. The number of hydrogen-bond donors (Lipinski definition) is 0. The van der Waals surface area contributed by atoms with Gasteiger partial charge in [0.25, 0.3) is 5.69 Å². The first-order chi connectivity index (χ1) is 13.6. The molecule has 3 rings (SSSR count). The Labute approximate surface area is 163 Å². The van der Waals surface area contributed by atoms with E-state index in [9.17, 15) is 15.4 Å². The first-order valence-electron chi connectivity index (χ1n) is 8.71. The van der Waals surface area contributed by atoms with Gasteiger partial charge in [-0.25, -0.2) is 0 Å². The summed E-state index contributed by atoms with van der Waals surface area (Å²) < 4.78 is 5.95. The van der Waals surface area contributed by atoms with Crippen LogP contribution in [0.3, 0.4) is 0 Å². The molecule has 3 aromatic carbocycles. The largest absolute Gasteiger partial charge is 0.488 e. The number of ether oxygens (including phenoxy) is 1. The predicted molar refractivity (Wildman–Crippen MR) is 109 cm³/mol. The number of nitro benzene ring substituents is 1. The summed E-state index contributed by atoms with van der Waals surface area (Å²) in [5.41, 5.74) is 4.02. The highest BCUT2D eigenvalue weighted by molar-refractivity contribution is 5.90. The van der Waals surface area contributed by atoms with Gasteiger partial charge in [-0.15, -0.1) is 0 Å². The van der Waals surface area contributed by atoms with E-state index in [2.05, 4.69) is 6.07 Å². The predicted octanol–water partition coefficient (Wildman–Crippen LogP) is 5.55. The molecule has 0 fully saturated rings. The van der Waals surface area contributed by atoms with Crippen molar-refractivity contribution in [2.75, 3.05) is 0 Å². The molecule has 3 aromatic rings. The summed E-state index contributed by atoms with van der Waals surface area (Å²) in [4.78, 5) is 10.3. The molecule has 5 nitrogen and oxygen atoms in total. The molecule has 0 aliphatic carbocycles. The highest BCUT2D eigenvalue weighted by atomic mass is 16.6. The molecule has 0 N–H and O–H groups in total. The van der Waals surface area contributed by atoms with E-state index in [1.165, 1.54) is 17.7 Å². The number of nitrogens with zero attached hydrogens (tertiary/aromatic N) is 2. The van der Waals surface area contributed by atoms with Crippen molar-refractivity contribution in [1.29, 1.82) is 5.26 Å². The first-order valence-corrected chi connectivity index (χ1v) is 8.71. The highest BCUT2D eigenvalue weighted by Crippen LogP contribution is 2.26. The third-order valence-electron chi connectivity index (χ3n) is 4.24. The molecule has 0 amide bonds. The third kappa shape index (κ3) is 4.63. The van der Waals surface area contributed by atoms with Crippen molar-refractivity contribution >= 4 is 17.3 Å². The SMILES string of the molecule is Cc1ccc(COc2ccccc2C=C(C#N)c2ccc([N+](=O)[O-])cc2)cc1. The summed E-state index contributed by atoms with van der Waals surface area (Å²) in [7, 11) is 0. The van der Waals surface area contributed by atoms with E-state index in [4.69, 9.17) is 4.74 Å². The summed E-state index contributed by atoms with van der Waals surface area (Å²) in [5.74, 6) is 0.665. The van der Waals surface area contributed by atoms with E-state index in [1.807, 2.05) is 55.5 Å². The van der Waals surface area contributed by atoms with E-state index in [-0.39, 0.29) is 5.69 Å². The van der Waals surface area contributed by atoms with Gasteiger partial charge in [0.05, 0.1) is 16.6 Å². The molecule has 0 atom stereocenters. The number of nitriles is 1. The molecule has 0 saturated carbocycles. The number of non-ortho nitro benzene ring substituents is 1. The van der Waals surface area contributed by atoms with Crippen LogP contribution in [0.1, 0.15) is 22.3 Å². The van der Waals surface area contributed by atoms with Gasteiger partial charge in [-0.1, -0.05) is 48.0 Å². The molecule has 0 aliphatic heterocycles. The Bertz CT molecular complexity index is 1050. The van der Waals surface area contributed by atoms with Crippen LogP contribution in [0.5, 0.6) is 5.75 Å². The Morgan fingerprint density at radius 3 is 2.39 bits per heavy atom. The van der Waals surface area contributed by atoms with Crippen molar-refractivity contribution < 1.29 is 9.66 Å². The van der Waals surface area contributed by atoms with Crippen LogP contribution in [0.15, 0.2) is 72.8 Å². The zero-order chi connectivity index (χ0) is 19.9. The number of nitro groups is 1. The molecule has 0 radical (unpaired) electrons. The zero-order valence-corrected chi connectivity index (χ0v) is 15.3. The van der Waals surface area contributed by atoms with Crippen LogP contribution < -0.4 is 4.74 Å². The quantitative estimate of drug-likeness (QED) is 0.247. The van der Waals surface area contributed by atoms with Gasteiger partial charge in [0.2, 0.25) is 0 Å². The van der Waals surface area contributed by atoms with Crippen molar-refractivity contribution in [3.63, 3.8) is 0 Å². The minimum absolute atomic E-state index is 0.0112. The van der Waals surface area contributed by atoms with Crippen molar-refractivity contribution in [1.82, 2.24) is 0 Å². The molecular weight excluding hydrogens is 352 g/mol. The molecule has 0 aromatic heterocycles. The second-order valence-corrected chi connectivity index (χ2v) is 6.29. The van der Waals surface area contributed by atoms with E-state index in [0.717, 1.165) is 11.1 Å². The van der Waals surface area contributed by atoms with Crippen molar-refractivity contribution in [3.8, 4) is 11.8 Å². The average Bonchev–Trinajstić information content (AvgIpc) is 2.72. The maximum Gasteiger partial charge on any atom is 0.269 e. The van der Waals surface area contributed by atoms with Crippen LogP contribution in [0.25, 0.3) is 11.6 Å². The number of para-hydroxylation sites is 1. The first kappa shape index (κ1) is 18.9. The molecule has 0 saturated heterocycles. The Hall–Kier alpha value is -3.91. The van der Waals surface area contributed by atoms with Crippen LogP contribution in [0.2, 0.25) is 0 Å². The molecule has 5 heteroatoms. The number of hydrogen-bond acceptors (Lipinski definition) is 4. The van der Waals surface area contributed by atoms with Crippen molar-refractivity contribution in [2.45, 2.75) is 13.5 Å². The molecule has 0 aliphatic rings. The monoisotopic (exact) mass is 370 g/mol. The summed E-state index contributed by atoms with van der Waals surface area (Å²) >= 11 is 0. The Balaban J connectivity index is 1.84. The fraction of sp³-hybridized carbons (Fsp3) is 0.0870. The topological polar surface area (TPSA) is 76.2 Å². The van der Waals surface area contributed by atoms with E-state index in [1.54, 1.807) is 18.2 Å². The summed E-state index contributed by atoms with van der Waals surface area (Å²) in [5, 5.41) is 20.4. The van der Waals surface area contributed by atoms with Crippen LogP contribution in [-0.4, -0.2) is 4.92 Å². The molecule has 0 bridgehead atoms. The van der Waals surface area contributed by atoms with Gasteiger partial charge in [0.1, 0.15) is 12.4 Å². The van der Waals surface area contributed by atoms with Crippen LogP contribution in [-0.2, 0) is 6.61 Å². The molecule has 28 heavy (non-hydrogen) atoms. The van der Waals surface area contributed by atoms with Crippen LogP contribution in [0.4, 0.5) is 5.69 Å². The van der Waals surface area contributed by atoms with Crippen molar-refractivity contribution in [2.24, 2.45) is 0 Å². The second-order valence-electron chi connectivity index (χ2n) is 6.29. The Kier molecular flexibility index (Phi) is 5.83. The van der Waals surface area contributed by atoms with Crippen LogP contribution >= 0.6 is 0 Å². The van der Waals surface area contributed by atoms with Crippen molar-refractivity contribution in [3.05, 3.63) is 105 Å². The van der Waals surface area contributed by atoms with Gasteiger partial charge in [-0.2, -0.15) is 5.26 Å². The summed E-state index contributed by atoms with van der Waals surface area (Å²) in [6.07, 6.45) is 1.73. The lowest BCUT2D eigenvalue weighted by Gasteiger charge is -2.10. The van der Waals surface area contributed by atoms with Crippen LogP contribution in [0, 0.1) is 28.4 Å².